The molecule has 0 radical (unpaired) electrons. The zero-order valence-corrected chi connectivity index (χ0v) is 13.0. The van der Waals surface area contributed by atoms with Crippen LogP contribution in [0.15, 0.2) is 48.8 Å². The SMILES string of the molecule is CC[C@@H](C)N(Cc1ccncc1)C(=O)Cc1cccc(F)c1. The van der Waals surface area contributed by atoms with Crippen molar-refractivity contribution in [1.29, 1.82) is 0 Å². The van der Waals surface area contributed by atoms with Crippen LogP contribution in [0.4, 0.5) is 4.39 Å². The summed E-state index contributed by atoms with van der Waals surface area (Å²) >= 11 is 0. The number of pyridine rings is 1. The fourth-order valence-electron chi connectivity index (χ4n) is 2.32. The third-order valence-corrected chi connectivity index (χ3v) is 3.79. The van der Waals surface area contributed by atoms with Crippen molar-refractivity contribution in [2.45, 2.75) is 39.3 Å². The van der Waals surface area contributed by atoms with E-state index in [9.17, 15) is 9.18 Å². The molecule has 0 spiro atoms. The minimum Gasteiger partial charge on any atom is -0.335 e. The average Bonchev–Trinajstić information content (AvgIpc) is 2.53. The molecule has 1 heterocycles. The van der Waals surface area contributed by atoms with E-state index in [0.29, 0.717) is 12.1 Å². The molecule has 0 aliphatic heterocycles. The first-order valence-electron chi connectivity index (χ1n) is 7.53. The van der Waals surface area contributed by atoms with Crippen LogP contribution in [0.3, 0.4) is 0 Å². The molecule has 1 aromatic heterocycles. The molecule has 0 aliphatic carbocycles. The number of carbonyl (C=O) groups is 1. The van der Waals surface area contributed by atoms with Crippen molar-refractivity contribution in [2.24, 2.45) is 0 Å². The first kappa shape index (κ1) is 16.1. The van der Waals surface area contributed by atoms with Crippen LogP contribution in [0.1, 0.15) is 31.4 Å². The van der Waals surface area contributed by atoms with Crippen LogP contribution in [0, 0.1) is 5.82 Å². The summed E-state index contributed by atoms with van der Waals surface area (Å²) in [6.45, 7) is 4.63. The molecule has 0 aliphatic rings. The quantitative estimate of drug-likeness (QED) is 0.817. The number of carbonyl (C=O) groups excluding carboxylic acids is 1. The van der Waals surface area contributed by atoms with E-state index < -0.39 is 0 Å². The third kappa shape index (κ3) is 4.38. The summed E-state index contributed by atoms with van der Waals surface area (Å²) < 4.78 is 13.3. The first-order valence-corrected chi connectivity index (χ1v) is 7.53. The fraction of sp³-hybridized carbons (Fsp3) is 0.333. The normalized spacial score (nSPS) is 12.0. The van der Waals surface area contributed by atoms with Gasteiger partial charge in [0.1, 0.15) is 5.82 Å². The lowest BCUT2D eigenvalue weighted by atomic mass is 10.1. The molecule has 2 rings (SSSR count). The van der Waals surface area contributed by atoms with Gasteiger partial charge in [0.15, 0.2) is 0 Å². The van der Waals surface area contributed by atoms with Gasteiger partial charge in [-0.1, -0.05) is 19.1 Å². The number of benzene rings is 1. The second-order valence-corrected chi connectivity index (χ2v) is 5.44. The lowest BCUT2D eigenvalue weighted by Gasteiger charge is -2.29. The highest BCUT2D eigenvalue weighted by molar-refractivity contribution is 5.79. The Bertz CT molecular complexity index is 615. The lowest BCUT2D eigenvalue weighted by Crippen LogP contribution is -2.38. The van der Waals surface area contributed by atoms with Gasteiger partial charge in [-0.3, -0.25) is 9.78 Å². The van der Waals surface area contributed by atoms with Gasteiger partial charge >= 0.3 is 0 Å². The maximum Gasteiger partial charge on any atom is 0.227 e. The van der Waals surface area contributed by atoms with Gasteiger partial charge in [0.2, 0.25) is 5.91 Å². The van der Waals surface area contributed by atoms with Gasteiger partial charge in [-0.2, -0.15) is 0 Å². The summed E-state index contributed by atoms with van der Waals surface area (Å²) in [5, 5.41) is 0. The molecule has 0 saturated heterocycles. The van der Waals surface area contributed by atoms with E-state index in [4.69, 9.17) is 0 Å². The van der Waals surface area contributed by atoms with E-state index in [0.717, 1.165) is 12.0 Å². The molecular weight excluding hydrogens is 279 g/mol. The number of rotatable bonds is 6. The molecular formula is C18H21FN2O. The maximum absolute atomic E-state index is 13.3. The Labute approximate surface area is 130 Å². The van der Waals surface area contributed by atoms with Crippen molar-refractivity contribution < 1.29 is 9.18 Å². The second-order valence-electron chi connectivity index (χ2n) is 5.44. The molecule has 2 aromatic rings. The molecule has 22 heavy (non-hydrogen) atoms. The topological polar surface area (TPSA) is 33.2 Å². The van der Waals surface area contributed by atoms with Crippen molar-refractivity contribution in [2.75, 3.05) is 0 Å². The van der Waals surface area contributed by atoms with Crippen molar-refractivity contribution in [1.82, 2.24) is 9.88 Å². The predicted molar refractivity (Wildman–Crippen MR) is 84.6 cm³/mol. The first-order chi connectivity index (χ1) is 10.6. The summed E-state index contributed by atoms with van der Waals surface area (Å²) in [4.78, 5) is 18.5. The van der Waals surface area contributed by atoms with Gasteiger partial charge in [0.25, 0.3) is 0 Å². The van der Waals surface area contributed by atoms with Crippen LogP contribution in [0.5, 0.6) is 0 Å². The van der Waals surface area contributed by atoms with Crippen molar-refractivity contribution in [3.05, 3.63) is 65.7 Å². The van der Waals surface area contributed by atoms with Crippen LogP contribution in [0.2, 0.25) is 0 Å². The van der Waals surface area contributed by atoms with E-state index in [1.807, 2.05) is 24.0 Å². The molecule has 0 unspecified atom stereocenters. The van der Waals surface area contributed by atoms with Gasteiger partial charge in [0, 0.05) is 25.0 Å². The van der Waals surface area contributed by atoms with Gasteiger partial charge in [-0.05, 0) is 48.7 Å². The fourth-order valence-corrected chi connectivity index (χ4v) is 2.32. The summed E-state index contributed by atoms with van der Waals surface area (Å²) in [7, 11) is 0. The van der Waals surface area contributed by atoms with Crippen molar-refractivity contribution in [3.8, 4) is 0 Å². The molecule has 1 aromatic carbocycles. The minimum atomic E-state index is -0.311. The number of hydrogen-bond acceptors (Lipinski definition) is 2. The highest BCUT2D eigenvalue weighted by Crippen LogP contribution is 2.14. The summed E-state index contributed by atoms with van der Waals surface area (Å²) in [6.07, 6.45) is 4.54. The predicted octanol–water partition coefficient (Wildman–Crippen LogP) is 3.59. The summed E-state index contributed by atoms with van der Waals surface area (Å²) in [5.41, 5.74) is 1.75. The van der Waals surface area contributed by atoms with E-state index in [1.165, 1.54) is 12.1 Å². The summed E-state index contributed by atoms with van der Waals surface area (Å²) in [5.74, 6) is -0.300. The van der Waals surface area contributed by atoms with Crippen LogP contribution in [0.25, 0.3) is 0 Å². The van der Waals surface area contributed by atoms with E-state index >= 15 is 0 Å². The van der Waals surface area contributed by atoms with Crippen molar-refractivity contribution in [3.63, 3.8) is 0 Å². The van der Waals surface area contributed by atoms with Gasteiger partial charge in [-0.15, -0.1) is 0 Å². The Morgan fingerprint density at radius 2 is 1.95 bits per heavy atom. The number of nitrogens with zero attached hydrogens (tertiary/aromatic N) is 2. The summed E-state index contributed by atoms with van der Waals surface area (Å²) in [6, 6.07) is 10.2. The van der Waals surface area contributed by atoms with Gasteiger partial charge < -0.3 is 4.90 Å². The maximum atomic E-state index is 13.3. The van der Waals surface area contributed by atoms with E-state index in [1.54, 1.807) is 24.5 Å². The van der Waals surface area contributed by atoms with E-state index in [2.05, 4.69) is 11.9 Å². The molecule has 0 saturated carbocycles. The van der Waals surface area contributed by atoms with Crippen molar-refractivity contribution >= 4 is 5.91 Å². The highest BCUT2D eigenvalue weighted by Gasteiger charge is 2.19. The molecule has 4 heteroatoms. The van der Waals surface area contributed by atoms with E-state index in [-0.39, 0.29) is 24.2 Å². The molecule has 0 bridgehead atoms. The molecule has 1 amide bonds. The second kappa shape index (κ2) is 7.69. The number of aromatic nitrogens is 1. The third-order valence-electron chi connectivity index (χ3n) is 3.79. The molecule has 1 atom stereocenters. The number of hydrogen-bond donors (Lipinski definition) is 0. The van der Waals surface area contributed by atoms with Gasteiger partial charge in [0.05, 0.1) is 6.42 Å². The minimum absolute atomic E-state index is 0.0109. The van der Waals surface area contributed by atoms with Crippen LogP contribution in [-0.2, 0) is 17.8 Å². The number of halogens is 1. The molecule has 0 fully saturated rings. The van der Waals surface area contributed by atoms with Crippen LogP contribution in [-0.4, -0.2) is 21.8 Å². The molecule has 116 valence electrons. The molecule has 3 nitrogen and oxygen atoms in total. The standard InChI is InChI=1S/C18H21FN2O/c1-3-14(2)21(13-15-7-9-20-10-8-15)18(22)12-16-5-4-6-17(19)11-16/h4-11,14H,3,12-13H2,1-2H3/t14-/m1/s1. The Hall–Kier alpha value is -2.23. The number of amides is 1. The lowest BCUT2D eigenvalue weighted by molar-refractivity contribution is -0.133. The largest absolute Gasteiger partial charge is 0.335 e. The van der Waals surface area contributed by atoms with Crippen LogP contribution >= 0.6 is 0 Å². The average molecular weight is 300 g/mol. The van der Waals surface area contributed by atoms with Crippen LogP contribution < -0.4 is 0 Å². The molecule has 0 N–H and O–H groups in total. The monoisotopic (exact) mass is 300 g/mol. The smallest absolute Gasteiger partial charge is 0.227 e. The van der Waals surface area contributed by atoms with Gasteiger partial charge in [-0.25, -0.2) is 4.39 Å². The zero-order valence-electron chi connectivity index (χ0n) is 13.0. The highest BCUT2D eigenvalue weighted by atomic mass is 19.1. The Morgan fingerprint density at radius 3 is 2.59 bits per heavy atom. The Balaban J connectivity index is 2.12. The zero-order chi connectivity index (χ0) is 15.9. The Kier molecular flexibility index (Phi) is 5.64. The Morgan fingerprint density at radius 1 is 1.23 bits per heavy atom.